The molecule has 0 amide bonds. The first-order valence-electron chi connectivity index (χ1n) is 5.91. The lowest BCUT2D eigenvalue weighted by Gasteiger charge is -2.08. The summed E-state index contributed by atoms with van der Waals surface area (Å²) in [5, 5.41) is 0.944. The fourth-order valence-corrected chi connectivity index (χ4v) is 2.36. The lowest BCUT2D eigenvalue weighted by Crippen LogP contribution is -2.06. The van der Waals surface area contributed by atoms with Gasteiger partial charge in [0, 0.05) is 16.1 Å². The van der Waals surface area contributed by atoms with E-state index in [-0.39, 0.29) is 5.97 Å². The van der Waals surface area contributed by atoms with Gasteiger partial charge in [0.15, 0.2) is 0 Å². The molecule has 1 aromatic carbocycles. The number of hydrogen-bond acceptors (Lipinski definition) is 3. The number of aromatic nitrogens is 1. The highest BCUT2D eigenvalue weighted by Gasteiger charge is 2.14. The van der Waals surface area contributed by atoms with Gasteiger partial charge in [-0.3, -0.25) is 4.98 Å². The van der Waals surface area contributed by atoms with Gasteiger partial charge < -0.3 is 4.74 Å². The molecule has 0 N–H and O–H groups in total. The molecule has 0 unspecified atom stereocenters. The van der Waals surface area contributed by atoms with E-state index < -0.39 is 0 Å². The van der Waals surface area contributed by atoms with E-state index in [9.17, 15) is 4.79 Å². The number of esters is 1. The third kappa shape index (κ3) is 2.38. The van der Waals surface area contributed by atoms with Crippen LogP contribution in [0.5, 0.6) is 0 Å². The number of carbonyl (C=O) groups excluding carboxylic acids is 1. The highest BCUT2D eigenvalue weighted by atomic mass is 79.9. The van der Waals surface area contributed by atoms with Gasteiger partial charge in [0.25, 0.3) is 0 Å². The SMILES string of the molecule is CCOC(=O)c1cnc2ccc(CC)cc2c1Br. The Kier molecular flexibility index (Phi) is 3.97. The third-order valence-corrected chi connectivity index (χ3v) is 3.62. The molecule has 0 aliphatic rings. The van der Waals surface area contributed by atoms with Gasteiger partial charge in [-0.2, -0.15) is 0 Å². The van der Waals surface area contributed by atoms with Gasteiger partial charge in [0.2, 0.25) is 0 Å². The quantitative estimate of drug-likeness (QED) is 0.811. The van der Waals surface area contributed by atoms with Gasteiger partial charge in [-0.25, -0.2) is 4.79 Å². The zero-order valence-corrected chi connectivity index (χ0v) is 12.0. The van der Waals surface area contributed by atoms with E-state index in [0.29, 0.717) is 12.2 Å². The molecule has 3 nitrogen and oxygen atoms in total. The number of fused-ring (bicyclic) bond motifs is 1. The Labute approximate surface area is 114 Å². The standard InChI is InChI=1S/C14H14BrNO2/c1-3-9-5-6-12-10(7-9)13(15)11(8-16-12)14(17)18-4-2/h5-8H,3-4H2,1-2H3. The largest absolute Gasteiger partial charge is 0.462 e. The van der Waals surface area contributed by atoms with Gasteiger partial charge in [-0.05, 0) is 47.0 Å². The fourth-order valence-electron chi connectivity index (χ4n) is 1.78. The van der Waals surface area contributed by atoms with Crippen molar-refractivity contribution in [3.8, 4) is 0 Å². The van der Waals surface area contributed by atoms with Crippen LogP contribution in [0, 0.1) is 0 Å². The second kappa shape index (κ2) is 5.48. The first-order chi connectivity index (χ1) is 8.67. The smallest absolute Gasteiger partial charge is 0.340 e. The number of rotatable bonds is 3. The maximum absolute atomic E-state index is 11.8. The van der Waals surface area contributed by atoms with Crippen molar-refractivity contribution in [1.82, 2.24) is 4.98 Å². The lowest BCUT2D eigenvalue weighted by atomic mass is 10.1. The van der Waals surface area contributed by atoms with E-state index in [0.717, 1.165) is 21.8 Å². The minimum absolute atomic E-state index is 0.347. The van der Waals surface area contributed by atoms with E-state index in [1.165, 1.54) is 5.56 Å². The van der Waals surface area contributed by atoms with Crippen LogP contribution < -0.4 is 0 Å². The summed E-state index contributed by atoms with van der Waals surface area (Å²) >= 11 is 3.47. The Bertz CT molecular complexity index is 596. The molecule has 0 aliphatic carbocycles. The normalized spacial score (nSPS) is 10.6. The predicted octanol–water partition coefficient (Wildman–Crippen LogP) is 3.74. The van der Waals surface area contributed by atoms with Gasteiger partial charge in [-0.15, -0.1) is 0 Å². The highest BCUT2D eigenvalue weighted by Crippen LogP contribution is 2.27. The minimum Gasteiger partial charge on any atom is -0.462 e. The molecule has 0 fully saturated rings. The van der Waals surface area contributed by atoms with Crippen molar-refractivity contribution in [2.24, 2.45) is 0 Å². The number of pyridine rings is 1. The summed E-state index contributed by atoms with van der Waals surface area (Å²) < 4.78 is 5.76. The van der Waals surface area contributed by atoms with Crippen LogP contribution in [0.1, 0.15) is 29.8 Å². The van der Waals surface area contributed by atoms with E-state index in [1.54, 1.807) is 13.1 Å². The van der Waals surface area contributed by atoms with E-state index in [2.05, 4.69) is 33.9 Å². The van der Waals surface area contributed by atoms with Crippen LogP contribution in [0.4, 0.5) is 0 Å². The predicted molar refractivity (Wildman–Crippen MR) is 74.8 cm³/mol. The number of carbonyl (C=O) groups is 1. The molecule has 0 bridgehead atoms. The summed E-state index contributed by atoms with van der Waals surface area (Å²) in [6, 6.07) is 6.06. The summed E-state index contributed by atoms with van der Waals surface area (Å²) in [5.41, 5.74) is 2.55. The topological polar surface area (TPSA) is 39.2 Å². The average molecular weight is 308 g/mol. The van der Waals surface area contributed by atoms with Crippen molar-refractivity contribution >= 4 is 32.8 Å². The molecule has 2 aromatic rings. The zero-order valence-electron chi connectivity index (χ0n) is 10.4. The molecule has 2 rings (SSSR count). The Balaban J connectivity index is 2.58. The molecule has 0 saturated carbocycles. The molecule has 4 heteroatoms. The Hall–Kier alpha value is -1.42. The molecule has 0 atom stereocenters. The summed E-state index contributed by atoms with van der Waals surface area (Å²) in [7, 11) is 0. The monoisotopic (exact) mass is 307 g/mol. The Morgan fingerprint density at radius 2 is 2.17 bits per heavy atom. The lowest BCUT2D eigenvalue weighted by molar-refractivity contribution is 0.0525. The average Bonchev–Trinajstić information content (AvgIpc) is 2.39. The number of halogens is 1. The van der Waals surface area contributed by atoms with Crippen LogP contribution in [0.15, 0.2) is 28.9 Å². The minimum atomic E-state index is -0.347. The molecule has 0 saturated heterocycles. The van der Waals surface area contributed by atoms with Crippen LogP contribution >= 0.6 is 15.9 Å². The number of hydrogen-bond donors (Lipinski definition) is 0. The van der Waals surface area contributed by atoms with Gasteiger partial charge in [0.05, 0.1) is 17.7 Å². The van der Waals surface area contributed by atoms with Crippen LogP contribution in [0.25, 0.3) is 10.9 Å². The Morgan fingerprint density at radius 3 is 2.83 bits per heavy atom. The molecule has 1 aromatic heterocycles. The first kappa shape index (κ1) is 13.0. The van der Waals surface area contributed by atoms with Crippen molar-refractivity contribution in [3.63, 3.8) is 0 Å². The van der Waals surface area contributed by atoms with E-state index in [4.69, 9.17) is 4.74 Å². The van der Waals surface area contributed by atoms with Gasteiger partial charge in [-0.1, -0.05) is 13.0 Å². The molecule has 0 spiro atoms. The molecule has 94 valence electrons. The van der Waals surface area contributed by atoms with Crippen LogP contribution in [0.3, 0.4) is 0 Å². The molecule has 0 radical (unpaired) electrons. The summed E-state index contributed by atoms with van der Waals surface area (Å²) in [4.78, 5) is 16.1. The summed E-state index contributed by atoms with van der Waals surface area (Å²) in [6.45, 7) is 4.24. The maximum Gasteiger partial charge on any atom is 0.340 e. The third-order valence-electron chi connectivity index (χ3n) is 2.77. The number of ether oxygens (including phenoxy) is 1. The van der Waals surface area contributed by atoms with Crippen molar-refractivity contribution in [3.05, 3.63) is 40.0 Å². The van der Waals surface area contributed by atoms with Crippen molar-refractivity contribution < 1.29 is 9.53 Å². The van der Waals surface area contributed by atoms with Crippen LogP contribution in [-0.2, 0) is 11.2 Å². The first-order valence-corrected chi connectivity index (χ1v) is 6.71. The van der Waals surface area contributed by atoms with E-state index >= 15 is 0 Å². The van der Waals surface area contributed by atoms with Gasteiger partial charge in [0.1, 0.15) is 0 Å². The molecule has 0 aliphatic heterocycles. The summed E-state index contributed by atoms with van der Waals surface area (Å²) in [5.74, 6) is -0.347. The zero-order chi connectivity index (χ0) is 13.1. The van der Waals surface area contributed by atoms with Gasteiger partial charge >= 0.3 is 5.97 Å². The molecular weight excluding hydrogens is 294 g/mol. The van der Waals surface area contributed by atoms with Crippen LogP contribution in [0.2, 0.25) is 0 Å². The molecule has 1 heterocycles. The number of aryl methyl sites for hydroxylation is 1. The van der Waals surface area contributed by atoms with Crippen molar-refractivity contribution in [1.29, 1.82) is 0 Å². The molecule has 18 heavy (non-hydrogen) atoms. The molecular formula is C14H14BrNO2. The fraction of sp³-hybridized carbons (Fsp3) is 0.286. The number of nitrogens with zero attached hydrogens (tertiary/aromatic N) is 1. The number of benzene rings is 1. The van der Waals surface area contributed by atoms with E-state index in [1.807, 2.05) is 12.1 Å². The van der Waals surface area contributed by atoms with Crippen LogP contribution in [-0.4, -0.2) is 17.6 Å². The second-order valence-electron chi connectivity index (χ2n) is 3.91. The second-order valence-corrected chi connectivity index (χ2v) is 4.70. The van der Waals surface area contributed by atoms with Crippen molar-refractivity contribution in [2.45, 2.75) is 20.3 Å². The Morgan fingerprint density at radius 1 is 1.39 bits per heavy atom. The summed E-state index contributed by atoms with van der Waals surface area (Å²) in [6.07, 6.45) is 2.50. The highest BCUT2D eigenvalue weighted by molar-refractivity contribution is 9.10. The van der Waals surface area contributed by atoms with Crippen molar-refractivity contribution in [2.75, 3.05) is 6.61 Å². The maximum atomic E-state index is 11.8.